The molecule has 3 nitrogen and oxygen atoms in total. The predicted molar refractivity (Wildman–Crippen MR) is 73.6 cm³/mol. The van der Waals surface area contributed by atoms with Crippen molar-refractivity contribution in [3.63, 3.8) is 0 Å². The van der Waals surface area contributed by atoms with Crippen molar-refractivity contribution >= 4 is 5.78 Å². The Hall–Kier alpha value is -1.19. The summed E-state index contributed by atoms with van der Waals surface area (Å²) in [4.78, 5) is 11.9. The summed E-state index contributed by atoms with van der Waals surface area (Å²) < 4.78 is 0. The number of hydrogen-bond acceptors (Lipinski definition) is 3. The highest BCUT2D eigenvalue weighted by atomic mass is 16.3. The van der Waals surface area contributed by atoms with Crippen molar-refractivity contribution in [3.05, 3.63) is 35.9 Å². The fourth-order valence-electron chi connectivity index (χ4n) is 2.56. The van der Waals surface area contributed by atoms with Gasteiger partial charge < -0.3 is 10.4 Å². The Bertz CT molecular complexity index is 358. The lowest BCUT2D eigenvalue weighted by atomic mass is 9.84. The van der Waals surface area contributed by atoms with E-state index in [0.717, 1.165) is 24.9 Å². The molecule has 1 saturated heterocycles. The predicted octanol–water partition coefficient (Wildman–Crippen LogP) is 2.11. The average Bonchev–Trinajstić information content (AvgIpc) is 2.41. The second-order valence-electron chi connectivity index (χ2n) is 4.57. The first-order valence-electron chi connectivity index (χ1n) is 6.25. The van der Waals surface area contributed by atoms with Gasteiger partial charge in [-0.3, -0.25) is 4.79 Å². The number of Topliss-reactive ketones (excluding diaryl/α,β-unsaturated/α-hetero) is 1. The Labute approximate surface area is 109 Å². The third kappa shape index (κ3) is 3.40. The molecule has 1 aliphatic heterocycles. The van der Waals surface area contributed by atoms with Crippen LogP contribution in [-0.2, 0) is 4.79 Å². The molecule has 0 bridgehead atoms. The molecule has 2 rings (SSSR count). The normalized spacial score (nSPS) is 20.8. The van der Waals surface area contributed by atoms with E-state index in [4.69, 9.17) is 5.11 Å². The molecule has 100 valence electrons. The second kappa shape index (κ2) is 7.29. The number of nitrogens with one attached hydrogen (secondary N) is 1. The summed E-state index contributed by atoms with van der Waals surface area (Å²) >= 11 is 0. The molecular weight excluding hydrogens is 226 g/mol. The van der Waals surface area contributed by atoms with Gasteiger partial charge in [-0.15, -0.1) is 0 Å². The van der Waals surface area contributed by atoms with Gasteiger partial charge in [0.2, 0.25) is 0 Å². The molecular formula is C15H23NO2. The number of piperidine rings is 1. The lowest BCUT2D eigenvalue weighted by Crippen LogP contribution is -2.42. The maximum absolute atomic E-state index is 11.9. The molecule has 1 aliphatic rings. The zero-order chi connectivity index (χ0) is 12.1. The standard InChI is InChI=1S/C14H19NO2.CH4/c16-10-13(17)14(11-6-2-1-3-7-11)12-8-4-5-9-15-12;/h1-3,6-7,12,14-16H,4-5,8-10H2;1H4/t12-,14-;/m1./s1. The highest BCUT2D eigenvalue weighted by molar-refractivity contribution is 5.87. The lowest BCUT2D eigenvalue weighted by molar-refractivity contribution is -0.124. The van der Waals surface area contributed by atoms with Gasteiger partial charge in [-0.1, -0.05) is 44.2 Å². The fraction of sp³-hybridized carbons (Fsp3) is 0.533. The largest absolute Gasteiger partial charge is 0.389 e. The molecule has 18 heavy (non-hydrogen) atoms. The first kappa shape index (κ1) is 14.9. The number of benzene rings is 1. The van der Waals surface area contributed by atoms with Crippen LogP contribution in [0.4, 0.5) is 0 Å². The molecule has 0 saturated carbocycles. The minimum Gasteiger partial charge on any atom is -0.389 e. The SMILES string of the molecule is C.O=C(CO)[C@H](c1ccccc1)[C@H]1CCCCN1. The van der Waals surface area contributed by atoms with E-state index in [1.54, 1.807) is 0 Å². The van der Waals surface area contributed by atoms with Crippen LogP contribution in [0.2, 0.25) is 0 Å². The number of carbonyl (C=O) groups excluding carboxylic acids is 1. The van der Waals surface area contributed by atoms with Gasteiger partial charge >= 0.3 is 0 Å². The van der Waals surface area contributed by atoms with Crippen LogP contribution >= 0.6 is 0 Å². The summed E-state index contributed by atoms with van der Waals surface area (Å²) in [6.07, 6.45) is 3.33. The number of ketones is 1. The summed E-state index contributed by atoms with van der Waals surface area (Å²) in [5.74, 6) is -0.294. The molecule has 0 aromatic heterocycles. The highest BCUT2D eigenvalue weighted by Crippen LogP contribution is 2.26. The Morgan fingerprint density at radius 2 is 2.06 bits per heavy atom. The van der Waals surface area contributed by atoms with Gasteiger partial charge in [0.1, 0.15) is 6.61 Å². The van der Waals surface area contributed by atoms with Gasteiger partial charge in [0.25, 0.3) is 0 Å². The monoisotopic (exact) mass is 249 g/mol. The van der Waals surface area contributed by atoms with Crippen molar-refractivity contribution < 1.29 is 9.90 Å². The number of aliphatic hydroxyl groups is 1. The molecule has 1 heterocycles. The van der Waals surface area contributed by atoms with Crippen LogP contribution in [-0.4, -0.2) is 30.1 Å². The molecule has 1 fully saturated rings. The van der Waals surface area contributed by atoms with Crippen molar-refractivity contribution in [1.29, 1.82) is 0 Å². The molecule has 2 atom stereocenters. The van der Waals surface area contributed by atoms with Crippen LogP contribution in [0.5, 0.6) is 0 Å². The van der Waals surface area contributed by atoms with Gasteiger partial charge in [0.15, 0.2) is 5.78 Å². The smallest absolute Gasteiger partial charge is 0.167 e. The van der Waals surface area contributed by atoms with Gasteiger partial charge in [0.05, 0.1) is 5.92 Å². The number of rotatable bonds is 4. The van der Waals surface area contributed by atoms with E-state index >= 15 is 0 Å². The Kier molecular flexibility index (Phi) is 6.02. The van der Waals surface area contributed by atoms with Gasteiger partial charge in [-0.05, 0) is 24.9 Å². The molecule has 0 radical (unpaired) electrons. The zero-order valence-corrected chi connectivity index (χ0v) is 9.93. The van der Waals surface area contributed by atoms with Crippen molar-refractivity contribution in [1.82, 2.24) is 5.32 Å². The molecule has 1 aromatic carbocycles. The first-order valence-corrected chi connectivity index (χ1v) is 6.25. The van der Waals surface area contributed by atoms with Crippen molar-refractivity contribution in [2.24, 2.45) is 0 Å². The summed E-state index contributed by atoms with van der Waals surface area (Å²) in [5.41, 5.74) is 1.01. The van der Waals surface area contributed by atoms with Crippen LogP contribution in [0.25, 0.3) is 0 Å². The Morgan fingerprint density at radius 1 is 1.33 bits per heavy atom. The number of hydrogen-bond donors (Lipinski definition) is 2. The summed E-state index contributed by atoms with van der Waals surface area (Å²) in [7, 11) is 0. The van der Waals surface area contributed by atoms with E-state index in [1.165, 1.54) is 6.42 Å². The van der Waals surface area contributed by atoms with E-state index in [-0.39, 0.29) is 31.8 Å². The maximum atomic E-state index is 11.9. The molecule has 2 N–H and O–H groups in total. The van der Waals surface area contributed by atoms with Crippen LogP contribution in [0, 0.1) is 0 Å². The Morgan fingerprint density at radius 3 is 2.61 bits per heavy atom. The number of aliphatic hydroxyl groups excluding tert-OH is 1. The summed E-state index contributed by atoms with van der Waals surface area (Å²) in [5, 5.41) is 12.5. The minimum absolute atomic E-state index is 0. The van der Waals surface area contributed by atoms with E-state index in [0.29, 0.717) is 0 Å². The molecule has 3 heteroatoms. The fourth-order valence-corrected chi connectivity index (χ4v) is 2.56. The van der Waals surface area contributed by atoms with Gasteiger partial charge in [-0.2, -0.15) is 0 Å². The lowest BCUT2D eigenvalue weighted by Gasteiger charge is -2.30. The van der Waals surface area contributed by atoms with Crippen molar-refractivity contribution in [3.8, 4) is 0 Å². The van der Waals surface area contributed by atoms with Crippen molar-refractivity contribution in [2.45, 2.75) is 38.6 Å². The second-order valence-corrected chi connectivity index (χ2v) is 4.57. The molecule has 0 spiro atoms. The highest BCUT2D eigenvalue weighted by Gasteiger charge is 2.29. The summed E-state index contributed by atoms with van der Waals surface area (Å²) in [6.45, 7) is 0.588. The van der Waals surface area contributed by atoms with Crippen LogP contribution in [0.15, 0.2) is 30.3 Å². The first-order chi connectivity index (χ1) is 8.33. The van der Waals surface area contributed by atoms with Crippen molar-refractivity contribution in [2.75, 3.05) is 13.2 Å². The maximum Gasteiger partial charge on any atom is 0.167 e. The molecule has 0 unspecified atom stereocenters. The van der Waals surface area contributed by atoms with Gasteiger partial charge in [0, 0.05) is 6.04 Å². The third-order valence-corrected chi connectivity index (χ3v) is 3.41. The summed E-state index contributed by atoms with van der Waals surface area (Å²) in [6, 6.07) is 9.93. The quantitative estimate of drug-likeness (QED) is 0.859. The molecule has 0 aliphatic carbocycles. The van der Waals surface area contributed by atoms with Crippen LogP contribution < -0.4 is 5.32 Å². The zero-order valence-electron chi connectivity index (χ0n) is 9.93. The third-order valence-electron chi connectivity index (χ3n) is 3.41. The molecule has 0 amide bonds. The number of carbonyl (C=O) groups is 1. The average molecular weight is 249 g/mol. The van der Waals surface area contributed by atoms with E-state index in [2.05, 4.69) is 5.32 Å². The topological polar surface area (TPSA) is 49.3 Å². The van der Waals surface area contributed by atoms with Crippen LogP contribution in [0.3, 0.4) is 0 Å². The minimum atomic E-state index is -0.377. The van der Waals surface area contributed by atoms with Crippen LogP contribution in [0.1, 0.15) is 38.2 Å². The van der Waals surface area contributed by atoms with E-state index in [9.17, 15) is 4.79 Å². The van der Waals surface area contributed by atoms with Gasteiger partial charge in [-0.25, -0.2) is 0 Å². The van der Waals surface area contributed by atoms with E-state index in [1.807, 2.05) is 30.3 Å². The molecule has 1 aromatic rings. The van der Waals surface area contributed by atoms with E-state index < -0.39 is 0 Å². The Balaban J connectivity index is 0.00000162.